The van der Waals surface area contributed by atoms with Crippen molar-refractivity contribution in [2.45, 2.75) is 38.1 Å². The van der Waals surface area contributed by atoms with Gasteiger partial charge in [0, 0.05) is 29.4 Å². The first-order valence-electron chi connectivity index (χ1n) is 11.3. The van der Waals surface area contributed by atoms with Crippen LogP contribution in [0.5, 0.6) is 0 Å². The Morgan fingerprint density at radius 2 is 1.79 bits per heavy atom. The molecule has 2 N–H and O–H groups in total. The SMILES string of the molecule is Cc1cc(Cl)cnc1C(=O)Nc1ccc(F)c(C2(C)CC(C(F)(F)F)OC(NC(=O)c3ccccc3)=N2)c1. The third-order valence-corrected chi connectivity index (χ3v) is 6.08. The van der Waals surface area contributed by atoms with Gasteiger partial charge in [-0.3, -0.25) is 14.9 Å². The largest absolute Gasteiger partial charge is 0.452 e. The quantitative estimate of drug-likeness (QED) is 0.404. The Morgan fingerprint density at radius 1 is 1.08 bits per heavy atom. The number of aromatic nitrogens is 1. The highest BCUT2D eigenvalue weighted by Gasteiger charge is 2.50. The predicted octanol–water partition coefficient (Wildman–Crippen LogP) is 5.79. The summed E-state index contributed by atoms with van der Waals surface area (Å²) >= 11 is 5.88. The van der Waals surface area contributed by atoms with Gasteiger partial charge in [0.1, 0.15) is 11.5 Å². The van der Waals surface area contributed by atoms with Crippen LogP contribution in [0.2, 0.25) is 5.02 Å². The molecule has 2 unspecified atom stereocenters. The van der Waals surface area contributed by atoms with E-state index in [9.17, 15) is 22.8 Å². The molecule has 198 valence electrons. The molecule has 0 radical (unpaired) electrons. The van der Waals surface area contributed by atoms with Gasteiger partial charge in [-0.1, -0.05) is 29.8 Å². The third-order valence-electron chi connectivity index (χ3n) is 5.87. The van der Waals surface area contributed by atoms with E-state index in [-0.39, 0.29) is 22.5 Å². The summed E-state index contributed by atoms with van der Waals surface area (Å²) in [6.07, 6.45) is -6.69. The zero-order chi connectivity index (χ0) is 27.7. The molecule has 7 nitrogen and oxygen atoms in total. The number of alkyl halides is 3. The van der Waals surface area contributed by atoms with Gasteiger partial charge in [-0.05, 0) is 55.8 Å². The molecule has 12 heteroatoms. The van der Waals surface area contributed by atoms with E-state index in [1.807, 2.05) is 0 Å². The Labute approximate surface area is 219 Å². The van der Waals surface area contributed by atoms with Crippen LogP contribution < -0.4 is 10.6 Å². The molecule has 2 amide bonds. The summed E-state index contributed by atoms with van der Waals surface area (Å²) in [5.74, 6) is -2.23. The number of nitrogens with one attached hydrogen (secondary N) is 2. The Hall–Kier alpha value is -3.99. The number of aryl methyl sites for hydroxylation is 1. The highest BCUT2D eigenvalue weighted by molar-refractivity contribution is 6.30. The number of halogens is 5. The maximum Gasteiger partial charge on any atom is 0.425 e. The van der Waals surface area contributed by atoms with Gasteiger partial charge in [0.2, 0.25) is 0 Å². The smallest absolute Gasteiger partial charge is 0.425 e. The molecule has 1 aliphatic heterocycles. The number of hydrogen-bond acceptors (Lipinski definition) is 5. The van der Waals surface area contributed by atoms with Crippen LogP contribution in [0, 0.1) is 12.7 Å². The average molecular weight is 549 g/mol. The number of rotatable bonds is 4. The molecule has 0 spiro atoms. The van der Waals surface area contributed by atoms with E-state index in [0.29, 0.717) is 10.6 Å². The minimum Gasteiger partial charge on any atom is -0.452 e. The van der Waals surface area contributed by atoms with Crippen LogP contribution in [0.25, 0.3) is 0 Å². The fourth-order valence-corrected chi connectivity index (χ4v) is 4.20. The average Bonchev–Trinajstić information content (AvgIpc) is 2.84. The topological polar surface area (TPSA) is 92.7 Å². The first-order valence-corrected chi connectivity index (χ1v) is 11.7. The van der Waals surface area contributed by atoms with Crippen LogP contribution in [0.15, 0.2) is 65.8 Å². The van der Waals surface area contributed by atoms with E-state index in [1.54, 1.807) is 31.2 Å². The number of carbonyl (C=O) groups is 2. The first-order chi connectivity index (χ1) is 17.9. The summed E-state index contributed by atoms with van der Waals surface area (Å²) in [5, 5.41) is 5.14. The van der Waals surface area contributed by atoms with Crippen molar-refractivity contribution in [3.8, 4) is 0 Å². The molecule has 0 saturated carbocycles. The lowest BCUT2D eigenvalue weighted by atomic mass is 9.85. The Morgan fingerprint density at radius 3 is 2.45 bits per heavy atom. The second-order valence-electron chi connectivity index (χ2n) is 8.83. The van der Waals surface area contributed by atoms with Crippen molar-refractivity contribution in [3.63, 3.8) is 0 Å². The molecule has 1 aliphatic rings. The van der Waals surface area contributed by atoms with Gasteiger partial charge in [0.15, 0.2) is 6.10 Å². The molecule has 38 heavy (non-hydrogen) atoms. The van der Waals surface area contributed by atoms with E-state index in [1.165, 1.54) is 37.4 Å². The molecule has 2 atom stereocenters. The molecule has 0 saturated heterocycles. The summed E-state index contributed by atoms with van der Waals surface area (Å²) in [5.41, 5.74) is -1.22. The van der Waals surface area contributed by atoms with Crippen molar-refractivity contribution in [3.05, 3.63) is 94.0 Å². The summed E-state index contributed by atoms with van der Waals surface area (Å²) < 4.78 is 61.3. The van der Waals surface area contributed by atoms with Crippen molar-refractivity contribution in [1.29, 1.82) is 0 Å². The number of anilines is 1. The zero-order valence-corrected chi connectivity index (χ0v) is 20.8. The van der Waals surface area contributed by atoms with Gasteiger partial charge in [0.25, 0.3) is 17.8 Å². The van der Waals surface area contributed by atoms with Crippen LogP contribution >= 0.6 is 11.6 Å². The molecule has 2 aromatic carbocycles. The summed E-state index contributed by atoms with van der Waals surface area (Å²) in [4.78, 5) is 33.4. The predicted molar refractivity (Wildman–Crippen MR) is 133 cm³/mol. The summed E-state index contributed by atoms with van der Waals surface area (Å²) in [6, 6.07) is 12.0. The highest BCUT2D eigenvalue weighted by atomic mass is 35.5. The molecule has 2 heterocycles. The van der Waals surface area contributed by atoms with Crippen molar-refractivity contribution in [2.24, 2.45) is 4.99 Å². The maximum atomic E-state index is 15.0. The molecular formula is C26H21ClF4N4O3. The Bertz CT molecular complexity index is 1420. The third kappa shape index (κ3) is 5.94. The second-order valence-corrected chi connectivity index (χ2v) is 9.27. The lowest BCUT2D eigenvalue weighted by Crippen LogP contribution is -2.48. The van der Waals surface area contributed by atoms with Crippen LogP contribution in [0.3, 0.4) is 0 Å². The fraction of sp³-hybridized carbons (Fsp3) is 0.231. The number of ether oxygens (including phenoxy) is 1. The summed E-state index contributed by atoms with van der Waals surface area (Å²) in [7, 11) is 0. The number of carbonyl (C=O) groups excluding carboxylic acids is 2. The van der Waals surface area contributed by atoms with E-state index >= 15 is 4.39 Å². The standard InChI is InChI=1S/C26H21ClF4N4O3/c1-14-10-16(27)13-32-21(14)23(37)33-17-8-9-19(28)18(11-17)25(2)12-20(26(29,30)31)38-24(35-25)34-22(36)15-6-4-3-5-7-15/h3-11,13,20H,12H2,1-2H3,(H,33,37)(H,34,35,36). The van der Waals surface area contributed by atoms with Crippen LogP contribution in [0.4, 0.5) is 23.2 Å². The molecule has 0 aliphatic carbocycles. The van der Waals surface area contributed by atoms with E-state index in [0.717, 1.165) is 6.07 Å². The van der Waals surface area contributed by atoms with Crippen LogP contribution in [-0.4, -0.2) is 35.1 Å². The summed E-state index contributed by atoms with van der Waals surface area (Å²) in [6.45, 7) is 2.92. The number of pyridine rings is 1. The molecule has 0 fully saturated rings. The number of amidine groups is 1. The van der Waals surface area contributed by atoms with Gasteiger partial charge in [-0.2, -0.15) is 13.2 Å². The van der Waals surface area contributed by atoms with Gasteiger partial charge >= 0.3 is 6.18 Å². The lowest BCUT2D eigenvalue weighted by molar-refractivity contribution is -0.208. The molecule has 1 aromatic heterocycles. The van der Waals surface area contributed by atoms with Crippen molar-refractivity contribution >= 4 is 35.1 Å². The molecular weight excluding hydrogens is 528 g/mol. The number of aliphatic imine (C=N–C) groups is 1. The van der Waals surface area contributed by atoms with Crippen molar-refractivity contribution in [2.75, 3.05) is 5.32 Å². The van der Waals surface area contributed by atoms with E-state index in [4.69, 9.17) is 16.3 Å². The zero-order valence-electron chi connectivity index (χ0n) is 20.1. The van der Waals surface area contributed by atoms with Gasteiger partial charge in [0.05, 0.1) is 10.6 Å². The molecule has 0 bridgehead atoms. The Balaban J connectivity index is 1.67. The number of benzene rings is 2. The lowest BCUT2D eigenvalue weighted by Gasteiger charge is -2.36. The minimum atomic E-state index is -4.83. The van der Waals surface area contributed by atoms with Gasteiger partial charge in [-0.25, -0.2) is 14.4 Å². The molecule has 3 aromatic rings. The fourth-order valence-electron chi connectivity index (χ4n) is 3.99. The second kappa shape index (κ2) is 10.4. The Kier molecular flexibility index (Phi) is 7.41. The normalized spacial score (nSPS) is 19.2. The van der Waals surface area contributed by atoms with Crippen LogP contribution in [-0.2, 0) is 10.3 Å². The maximum absolute atomic E-state index is 15.0. The number of amides is 2. The van der Waals surface area contributed by atoms with Gasteiger partial charge in [-0.15, -0.1) is 0 Å². The van der Waals surface area contributed by atoms with Gasteiger partial charge < -0.3 is 10.1 Å². The highest BCUT2D eigenvalue weighted by Crippen LogP contribution is 2.41. The number of nitrogens with zero attached hydrogens (tertiary/aromatic N) is 2. The van der Waals surface area contributed by atoms with Crippen molar-refractivity contribution in [1.82, 2.24) is 10.3 Å². The number of hydrogen-bond donors (Lipinski definition) is 2. The minimum absolute atomic E-state index is 0.0682. The van der Waals surface area contributed by atoms with Crippen molar-refractivity contribution < 1.29 is 31.9 Å². The van der Waals surface area contributed by atoms with E-state index < -0.39 is 47.9 Å². The molecule has 4 rings (SSSR count). The van der Waals surface area contributed by atoms with Crippen LogP contribution in [0.1, 0.15) is 45.3 Å². The monoisotopic (exact) mass is 548 g/mol. The first kappa shape index (κ1) is 27.1. The van der Waals surface area contributed by atoms with E-state index in [2.05, 4.69) is 20.6 Å².